The number of likely N-dealkylation sites (N-methyl/N-ethyl adjacent to an activating group) is 1. The number of aliphatic hydroxyl groups is 1. The Bertz CT molecular complexity index is 874. The van der Waals surface area contributed by atoms with E-state index in [0.29, 0.717) is 10.7 Å². The summed E-state index contributed by atoms with van der Waals surface area (Å²) in [5.41, 5.74) is 3.13. The molecular weight excluding hydrogens is 324 g/mol. The zero-order valence-corrected chi connectivity index (χ0v) is 14.3. The second kappa shape index (κ2) is 6.67. The third-order valence-electron chi connectivity index (χ3n) is 4.28. The Labute approximate surface area is 145 Å². The standard InChI is InChI=1S/C19H19ClN2O2/c1-12(11-23)22(2)19(24)18-17(13-6-4-3-5-7-13)15-10-14(20)8-9-16(15)21-18/h3-10,12,21,23H,11H2,1-2H3. The molecule has 124 valence electrons. The number of H-pyrrole nitrogens is 1. The summed E-state index contributed by atoms with van der Waals surface area (Å²) in [4.78, 5) is 17.7. The normalized spacial score (nSPS) is 12.3. The van der Waals surface area contributed by atoms with Crippen LogP contribution in [0.2, 0.25) is 5.02 Å². The Morgan fingerprint density at radius 2 is 1.96 bits per heavy atom. The second-order valence-electron chi connectivity index (χ2n) is 5.88. The molecule has 24 heavy (non-hydrogen) atoms. The molecule has 0 spiro atoms. The first kappa shape index (κ1) is 16.6. The van der Waals surface area contributed by atoms with Gasteiger partial charge in [-0.3, -0.25) is 4.79 Å². The fraction of sp³-hybridized carbons (Fsp3) is 0.211. The van der Waals surface area contributed by atoms with Gasteiger partial charge in [0.15, 0.2) is 0 Å². The summed E-state index contributed by atoms with van der Waals surface area (Å²) in [6.07, 6.45) is 0. The molecule has 0 saturated heterocycles. The van der Waals surface area contributed by atoms with Crippen LogP contribution in [0.25, 0.3) is 22.0 Å². The van der Waals surface area contributed by atoms with E-state index in [1.807, 2.05) is 42.5 Å². The van der Waals surface area contributed by atoms with Crippen LogP contribution in [0.3, 0.4) is 0 Å². The Balaban J connectivity index is 2.22. The third-order valence-corrected chi connectivity index (χ3v) is 4.52. The number of aromatic nitrogens is 1. The van der Waals surface area contributed by atoms with Crippen molar-refractivity contribution >= 4 is 28.4 Å². The van der Waals surface area contributed by atoms with Crippen LogP contribution in [0.4, 0.5) is 0 Å². The topological polar surface area (TPSA) is 56.3 Å². The van der Waals surface area contributed by atoms with Gasteiger partial charge in [-0.2, -0.15) is 0 Å². The van der Waals surface area contributed by atoms with E-state index in [4.69, 9.17) is 11.6 Å². The van der Waals surface area contributed by atoms with E-state index in [0.717, 1.165) is 22.0 Å². The number of aliphatic hydroxyl groups excluding tert-OH is 1. The van der Waals surface area contributed by atoms with Gasteiger partial charge in [0.2, 0.25) is 0 Å². The minimum absolute atomic E-state index is 0.0883. The molecule has 2 N–H and O–H groups in total. The van der Waals surface area contributed by atoms with Crippen LogP contribution in [-0.2, 0) is 0 Å². The SMILES string of the molecule is CC(CO)N(C)C(=O)c1[nH]c2ccc(Cl)cc2c1-c1ccccc1. The van der Waals surface area contributed by atoms with Gasteiger partial charge in [-0.05, 0) is 30.7 Å². The molecule has 0 saturated carbocycles. The number of benzene rings is 2. The van der Waals surface area contributed by atoms with Crippen molar-refractivity contribution < 1.29 is 9.90 Å². The number of carbonyl (C=O) groups is 1. The Morgan fingerprint density at radius 3 is 2.62 bits per heavy atom. The van der Waals surface area contributed by atoms with E-state index < -0.39 is 0 Å². The minimum atomic E-state index is -0.267. The summed E-state index contributed by atoms with van der Waals surface area (Å²) in [7, 11) is 1.69. The predicted molar refractivity (Wildman–Crippen MR) is 97.4 cm³/mol. The highest BCUT2D eigenvalue weighted by atomic mass is 35.5. The molecule has 0 aliphatic carbocycles. The quantitative estimate of drug-likeness (QED) is 0.754. The van der Waals surface area contributed by atoms with E-state index in [1.165, 1.54) is 0 Å². The van der Waals surface area contributed by atoms with Crippen LogP contribution in [0.1, 0.15) is 17.4 Å². The van der Waals surface area contributed by atoms with Crippen molar-refractivity contribution in [3.8, 4) is 11.1 Å². The van der Waals surface area contributed by atoms with Crippen molar-refractivity contribution in [3.05, 3.63) is 59.2 Å². The number of hydrogen-bond donors (Lipinski definition) is 2. The van der Waals surface area contributed by atoms with E-state index in [-0.39, 0.29) is 18.6 Å². The first-order chi connectivity index (χ1) is 11.5. The summed E-state index contributed by atoms with van der Waals surface area (Å²) in [5, 5.41) is 10.9. The van der Waals surface area contributed by atoms with Crippen molar-refractivity contribution in [3.63, 3.8) is 0 Å². The lowest BCUT2D eigenvalue weighted by Crippen LogP contribution is -2.37. The molecular formula is C19H19ClN2O2. The lowest BCUT2D eigenvalue weighted by atomic mass is 10.0. The highest BCUT2D eigenvalue weighted by molar-refractivity contribution is 6.31. The lowest BCUT2D eigenvalue weighted by Gasteiger charge is -2.23. The fourth-order valence-electron chi connectivity index (χ4n) is 2.73. The van der Waals surface area contributed by atoms with Crippen molar-refractivity contribution in [2.24, 2.45) is 0 Å². The summed E-state index contributed by atoms with van der Waals surface area (Å²) >= 11 is 6.16. The van der Waals surface area contributed by atoms with Crippen LogP contribution < -0.4 is 0 Å². The average molecular weight is 343 g/mol. The van der Waals surface area contributed by atoms with E-state index in [2.05, 4.69) is 4.98 Å². The summed E-state index contributed by atoms with van der Waals surface area (Å²) in [6.45, 7) is 1.72. The van der Waals surface area contributed by atoms with Crippen molar-refractivity contribution in [2.45, 2.75) is 13.0 Å². The van der Waals surface area contributed by atoms with Gasteiger partial charge in [-0.15, -0.1) is 0 Å². The number of nitrogens with one attached hydrogen (secondary N) is 1. The predicted octanol–water partition coefficient (Wildman–Crippen LogP) is 3.94. The first-order valence-corrected chi connectivity index (χ1v) is 8.15. The van der Waals surface area contributed by atoms with Crippen molar-refractivity contribution in [1.29, 1.82) is 0 Å². The molecule has 3 aromatic rings. The minimum Gasteiger partial charge on any atom is -0.394 e. The number of fused-ring (bicyclic) bond motifs is 1. The van der Waals surface area contributed by atoms with Crippen molar-refractivity contribution in [2.75, 3.05) is 13.7 Å². The molecule has 5 heteroatoms. The van der Waals surface area contributed by atoms with Gasteiger partial charge in [0.1, 0.15) is 5.69 Å². The molecule has 1 heterocycles. The zero-order chi connectivity index (χ0) is 17.3. The highest BCUT2D eigenvalue weighted by Crippen LogP contribution is 2.34. The van der Waals surface area contributed by atoms with Gasteiger partial charge in [0.25, 0.3) is 5.91 Å². The number of aromatic amines is 1. The van der Waals surface area contributed by atoms with Crippen LogP contribution in [-0.4, -0.2) is 40.6 Å². The smallest absolute Gasteiger partial charge is 0.271 e. The van der Waals surface area contributed by atoms with Gasteiger partial charge >= 0.3 is 0 Å². The summed E-state index contributed by atoms with van der Waals surface area (Å²) in [6, 6.07) is 15.0. The van der Waals surface area contributed by atoms with Gasteiger partial charge in [-0.25, -0.2) is 0 Å². The van der Waals surface area contributed by atoms with Crippen LogP contribution in [0.5, 0.6) is 0 Å². The number of carbonyl (C=O) groups excluding carboxylic acids is 1. The first-order valence-electron chi connectivity index (χ1n) is 7.77. The van der Waals surface area contributed by atoms with E-state index >= 15 is 0 Å². The Morgan fingerprint density at radius 1 is 1.25 bits per heavy atom. The number of nitrogens with zero attached hydrogens (tertiary/aromatic N) is 1. The van der Waals surface area contributed by atoms with Gasteiger partial charge in [0, 0.05) is 28.5 Å². The maximum absolute atomic E-state index is 12.9. The van der Waals surface area contributed by atoms with Crippen LogP contribution in [0.15, 0.2) is 48.5 Å². The number of rotatable bonds is 4. The molecule has 0 fully saturated rings. The van der Waals surface area contributed by atoms with Gasteiger partial charge < -0.3 is 15.0 Å². The van der Waals surface area contributed by atoms with Gasteiger partial charge in [0.05, 0.1) is 12.6 Å². The zero-order valence-electron chi connectivity index (χ0n) is 13.6. The molecule has 0 bridgehead atoms. The molecule has 0 aliphatic rings. The molecule has 0 radical (unpaired) electrons. The molecule has 0 aliphatic heterocycles. The molecule has 1 unspecified atom stereocenters. The lowest BCUT2D eigenvalue weighted by molar-refractivity contribution is 0.0678. The third kappa shape index (κ3) is 2.90. The summed E-state index contributed by atoms with van der Waals surface area (Å²) in [5.74, 6) is -0.164. The number of amides is 1. The Kier molecular flexibility index (Phi) is 4.60. The highest BCUT2D eigenvalue weighted by Gasteiger charge is 2.24. The second-order valence-corrected chi connectivity index (χ2v) is 6.32. The molecule has 1 aromatic heterocycles. The Hall–Kier alpha value is -2.30. The maximum atomic E-state index is 12.9. The number of hydrogen-bond acceptors (Lipinski definition) is 2. The fourth-order valence-corrected chi connectivity index (χ4v) is 2.90. The molecule has 1 amide bonds. The molecule has 2 aromatic carbocycles. The average Bonchev–Trinajstić information content (AvgIpc) is 2.98. The van der Waals surface area contributed by atoms with Crippen LogP contribution >= 0.6 is 11.6 Å². The molecule has 1 atom stereocenters. The van der Waals surface area contributed by atoms with E-state index in [1.54, 1.807) is 24.9 Å². The monoisotopic (exact) mass is 342 g/mol. The summed E-state index contributed by atoms with van der Waals surface area (Å²) < 4.78 is 0. The largest absolute Gasteiger partial charge is 0.394 e. The maximum Gasteiger partial charge on any atom is 0.271 e. The van der Waals surface area contributed by atoms with Crippen molar-refractivity contribution in [1.82, 2.24) is 9.88 Å². The number of halogens is 1. The van der Waals surface area contributed by atoms with Gasteiger partial charge in [-0.1, -0.05) is 41.9 Å². The molecule has 4 nitrogen and oxygen atoms in total. The van der Waals surface area contributed by atoms with E-state index in [9.17, 15) is 9.90 Å². The van der Waals surface area contributed by atoms with Crippen LogP contribution in [0, 0.1) is 0 Å². The molecule has 3 rings (SSSR count).